The first-order valence-electron chi connectivity index (χ1n) is 5.97. The van der Waals surface area contributed by atoms with Gasteiger partial charge in [0.15, 0.2) is 0 Å². The number of nitriles is 1. The van der Waals surface area contributed by atoms with Crippen molar-refractivity contribution in [2.75, 3.05) is 20.3 Å². The van der Waals surface area contributed by atoms with Crippen LogP contribution in [0.5, 0.6) is 0 Å². The molecule has 0 aliphatic heterocycles. The van der Waals surface area contributed by atoms with Crippen molar-refractivity contribution >= 4 is 0 Å². The number of aliphatic hydroxyl groups excluding tert-OH is 1. The van der Waals surface area contributed by atoms with Crippen LogP contribution in [0.3, 0.4) is 0 Å². The second-order valence-corrected chi connectivity index (χ2v) is 4.63. The van der Waals surface area contributed by atoms with E-state index >= 15 is 0 Å². The van der Waals surface area contributed by atoms with Gasteiger partial charge in [-0.05, 0) is 31.0 Å². The van der Waals surface area contributed by atoms with Crippen LogP contribution in [0.2, 0.25) is 0 Å². The van der Waals surface area contributed by atoms with E-state index in [0.29, 0.717) is 25.1 Å². The van der Waals surface area contributed by atoms with E-state index in [9.17, 15) is 0 Å². The van der Waals surface area contributed by atoms with Crippen molar-refractivity contribution in [2.24, 2.45) is 0 Å². The summed E-state index contributed by atoms with van der Waals surface area (Å²) in [4.78, 5) is 0. The van der Waals surface area contributed by atoms with Crippen molar-refractivity contribution in [3.63, 3.8) is 0 Å². The highest BCUT2D eigenvalue weighted by Gasteiger charge is 2.22. The summed E-state index contributed by atoms with van der Waals surface area (Å²) in [7, 11) is 1.65. The Morgan fingerprint density at radius 1 is 1.50 bits per heavy atom. The van der Waals surface area contributed by atoms with E-state index in [1.807, 2.05) is 25.1 Å². The normalized spacial score (nSPS) is 13.9. The minimum atomic E-state index is -0.258. The number of ether oxygens (including phenoxy) is 1. The van der Waals surface area contributed by atoms with E-state index in [1.54, 1.807) is 13.2 Å². The number of hydrogen-bond acceptors (Lipinski definition) is 4. The smallest absolute Gasteiger partial charge is 0.0991 e. The van der Waals surface area contributed by atoms with Crippen LogP contribution in [-0.2, 0) is 11.3 Å². The second kappa shape index (κ2) is 7.12. The predicted molar refractivity (Wildman–Crippen MR) is 70.0 cm³/mol. The average molecular weight is 248 g/mol. The molecule has 0 bridgehead atoms. The highest BCUT2D eigenvalue weighted by atomic mass is 16.5. The Balaban J connectivity index is 2.64. The van der Waals surface area contributed by atoms with E-state index in [1.165, 1.54) is 0 Å². The third-order valence-electron chi connectivity index (χ3n) is 2.90. The quantitative estimate of drug-likeness (QED) is 0.766. The van der Waals surface area contributed by atoms with Crippen LogP contribution >= 0.6 is 0 Å². The third kappa shape index (κ3) is 4.46. The average Bonchev–Trinajstić information content (AvgIpc) is 2.37. The molecule has 0 spiro atoms. The zero-order valence-electron chi connectivity index (χ0n) is 10.9. The van der Waals surface area contributed by atoms with Gasteiger partial charge < -0.3 is 15.2 Å². The van der Waals surface area contributed by atoms with Crippen molar-refractivity contribution in [3.8, 4) is 6.07 Å². The molecule has 1 unspecified atom stereocenters. The van der Waals surface area contributed by atoms with Crippen molar-refractivity contribution in [3.05, 3.63) is 35.4 Å². The van der Waals surface area contributed by atoms with Crippen LogP contribution in [0.15, 0.2) is 24.3 Å². The molecule has 0 amide bonds. The van der Waals surface area contributed by atoms with Gasteiger partial charge in [-0.25, -0.2) is 0 Å². The summed E-state index contributed by atoms with van der Waals surface area (Å²) in [6.07, 6.45) is 0.624. The summed E-state index contributed by atoms with van der Waals surface area (Å²) in [5.74, 6) is 0. The number of nitrogens with zero attached hydrogens (tertiary/aromatic N) is 1. The maximum Gasteiger partial charge on any atom is 0.0991 e. The monoisotopic (exact) mass is 248 g/mol. The van der Waals surface area contributed by atoms with E-state index in [4.69, 9.17) is 15.1 Å². The van der Waals surface area contributed by atoms with Gasteiger partial charge in [-0.2, -0.15) is 5.26 Å². The lowest BCUT2D eigenvalue weighted by Crippen LogP contribution is -2.46. The third-order valence-corrected chi connectivity index (χ3v) is 2.90. The highest BCUT2D eigenvalue weighted by molar-refractivity contribution is 5.32. The van der Waals surface area contributed by atoms with Gasteiger partial charge in [-0.15, -0.1) is 0 Å². The number of nitrogens with one attached hydrogen (secondary N) is 1. The Kier molecular flexibility index (Phi) is 5.79. The predicted octanol–water partition coefficient (Wildman–Crippen LogP) is 1.44. The minimum absolute atomic E-state index is 0.116. The summed E-state index contributed by atoms with van der Waals surface area (Å²) >= 11 is 0. The number of hydrogen-bond donors (Lipinski definition) is 2. The molecule has 0 aromatic heterocycles. The zero-order chi connectivity index (χ0) is 13.4. The maximum atomic E-state index is 9.07. The Morgan fingerprint density at radius 3 is 2.89 bits per heavy atom. The molecule has 0 heterocycles. The molecule has 0 saturated carbocycles. The molecule has 1 aromatic carbocycles. The van der Waals surface area contributed by atoms with Gasteiger partial charge in [0.1, 0.15) is 0 Å². The Hall–Kier alpha value is -1.41. The first-order chi connectivity index (χ1) is 8.63. The summed E-state index contributed by atoms with van der Waals surface area (Å²) in [5, 5.41) is 21.3. The summed E-state index contributed by atoms with van der Waals surface area (Å²) in [5.41, 5.74) is 1.45. The summed E-state index contributed by atoms with van der Waals surface area (Å²) in [6, 6.07) is 9.61. The van der Waals surface area contributed by atoms with E-state index < -0.39 is 0 Å². The van der Waals surface area contributed by atoms with E-state index in [2.05, 4.69) is 11.4 Å². The minimum Gasteiger partial charge on any atom is -0.396 e. The van der Waals surface area contributed by atoms with E-state index in [-0.39, 0.29) is 12.1 Å². The number of rotatable bonds is 7. The number of benzene rings is 1. The van der Waals surface area contributed by atoms with Crippen LogP contribution in [-0.4, -0.2) is 31.0 Å². The van der Waals surface area contributed by atoms with E-state index in [0.717, 1.165) is 5.56 Å². The zero-order valence-corrected chi connectivity index (χ0v) is 10.9. The first-order valence-corrected chi connectivity index (χ1v) is 5.97. The van der Waals surface area contributed by atoms with Crippen LogP contribution in [0, 0.1) is 11.3 Å². The van der Waals surface area contributed by atoms with Gasteiger partial charge in [-0.3, -0.25) is 0 Å². The van der Waals surface area contributed by atoms with Gasteiger partial charge in [-0.1, -0.05) is 12.1 Å². The van der Waals surface area contributed by atoms with Gasteiger partial charge in [0.25, 0.3) is 0 Å². The van der Waals surface area contributed by atoms with Crippen LogP contribution < -0.4 is 5.32 Å². The highest BCUT2D eigenvalue weighted by Crippen LogP contribution is 2.12. The molecule has 0 radical (unpaired) electrons. The summed E-state index contributed by atoms with van der Waals surface area (Å²) in [6.45, 7) is 3.31. The SMILES string of the molecule is COCC(C)(CCO)NCc1cccc(C#N)c1. The van der Waals surface area contributed by atoms with Gasteiger partial charge in [0.05, 0.1) is 18.2 Å². The van der Waals surface area contributed by atoms with Crippen molar-refractivity contribution in [1.82, 2.24) is 5.32 Å². The molecule has 4 nitrogen and oxygen atoms in total. The molecule has 2 N–H and O–H groups in total. The topological polar surface area (TPSA) is 65.3 Å². The largest absolute Gasteiger partial charge is 0.396 e. The molecule has 98 valence electrons. The molecule has 1 atom stereocenters. The molecule has 0 saturated heterocycles. The Bertz CT molecular complexity index is 407. The maximum absolute atomic E-state index is 9.07. The lowest BCUT2D eigenvalue weighted by molar-refractivity contribution is 0.0969. The van der Waals surface area contributed by atoms with Gasteiger partial charge >= 0.3 is 0 Å². The summed E-state index contributed by atoms with van der Waals surface area (Å²) < 4.78 is 5.17. The van der Waals surface area contributed by atoms with Gasteiger partial charge in [0, 0.05) is 25.8 Å². The van der Waals surface area contributed by atoms with Gasteiger partial charge in [0.2, 0.25) is 0 Å². The lowest BCUT2D eigenvalue weighted by atomic mass is 9.98. The van der Waals surface area contributed by atoms with Crippen LogP contribution in [0.25, 0.3) is 0 Å². The molecule has 0 fully saturated rings. The van der Waals surface area contributed by atoms with Crippen molar-refractivity contribution < 1.29 is 9.84 Å². The standard InChI is InChI=1S/C14H20N2O2/c1-14(6-7-17,11-18-2)16-10-13-5-3-4-12(8-13)9-15/h3-5,8,16-17H,6-7,10-11H2,1-2H3. The fraction of sp³-hybridized carbons (Fsp3) is 0.500. The second-order valence-electron chi connectivity index (χ2n) is 4.63. The van der Waals surface area contributed by atoms with Crippen LogP contribution in [0.1, 0.15) is 24.5 Å². The molecule has 0 aliphatic rings. The van der Waals surface area contributed by atoms with Crippen molar-refractivity contribution in [1.29, 1.82) is 5.26 Å². The molecule has 1 aromatic rings. The molecule has 0 aliphatic carbocycles. The molecular weight excluding hydrogens is 228 g/mol. The molecule has 4 heteroatoms. The van der Waals surface area contributed by atoms with Crippen molar-refractivity contribution in [2.45, 2.75) is 25.4 Å². The number of aliphatic hydroxyl groups is 1. The van der Waals surface area contributed by atoms with Crippen LogP contribution in [0.4, 0.5) is 0 Å². The Morgan fingerprint density at radius 2 is 2.28 bits per heavy atom. The Labute approximate surface area is 108 Å². The first kappa shape index (κ1) is 14.7. The number of methoxy groups -OCH3 is 1. The fourth-order valence-electron chi connectivity index (χ4n) is 1.84. The molecular formula is C14H20N2O2. The fourth-order valence-corrected chi connectivity index (χ4v) is 1.84. The lowest BCUT2D eigenvalue weighted by Gasteiger charge is -2.29. The molecule has 18 heavy (non-hydrogen) atoms. The molecule has 1 rings (SSSR count).